The highest BCUT2D eigenvalue weighted by Crippen LogP contribution is 2.59. The first-order valence-corrected chi connectivity index (χ1v) is 6.42. The van der Waals surface area contributed by atoms with Gasteiger partial charge in [0.15, 0.2) is 0 Å². The quantitative estimate of drug-likeness (QED) is 0.460. The van der Waals surface area contributed by atoms with Gasteiger partial charge < -0.3 is 4.74 Å². The lowest BCUT2D eigenvalue weighted by Crippen LogP contribution is -2.48. The van der Waals surface area contributed by atoms with Crippen LogP contribution in [0.2, 0.25) is 0 Å². The lowest BCUT2D eigenvalue weighted by molar-refractivity contribution is -0.00922. The number of ether oxygens (including phenoxy) is 1. The van der Waals surface area contributed by atoms with Crippen LogP contribution in [-0.2, 0) is 4.74 Å². The number of fused-ring (bicyclic) bond motifs is 1. The van der Waals surface area contributed by atoms with E-state index in [-0.39, 0.29) is 0 Å². The highest BCUT2D eigenvalue weighted by atomic mass is 32.1. The van der Waals surface area contributed by atoms with Crippen molar-refractivity contribution < 1.29 is 4.74 Å². The Morgan fingerprint density at radius 1 is 1.67 bits per heavy atom. The van der Waals surface area contributed by atoms with E-state index in [9.17, 15) is 0 Å². The first-order valence-electron chi connectivity index (χ1n) is 5.56. The van der Waals surface area contributed by atoms with E-state index in [4.69, 9.17) is 17.0 Å². The van der Waals surface area contributed by atoms with Crippen LogP contribution in [0.4, 0.5) is 0 Å². The minimum atomic E-state index is 0.358. The van der Waals surface area contributed by atoms with Crippen molar-refractivity contribution in [3.63, 3.8) is 0 Å². The van der Waals surface area contributed by atoms with E-state index in [0.29, 0.717) is 16.4 Å². The normalized spacial score (nSPS) is 31.5. The zero-order valence-electron chi connectivity index (χ0n) is 9.32. The predicted octanol–water partition coefficient (Wildman–Crippen LogP) is 3.60. The van der Waals surface area contributed by atoms with Crippen LogP contribution in [-0.4, -0.2) is 11.0 Å². The molecule has 0 aliphatic heterocycles. The van der Waals surface area contributed by atoms with Crippen molar-refractivity contribution in [2.75, 3.05) is 6.61 Å². The van der Waals surface area contributed by atoms with Gasteiger partial charge in [-0.2, -0.15) is 0 Å². The summed E-state index contributed by atoms with van der Waals surface area (Å²) in [6, 6.07) is 0. The number of thiol groups is 1. The third-order valence-corrected chi connectivity index (χ3v) is 4.45. The van der Waals surface area contributed by atoms with E-state index < -0.39 is 0 Å². The van der Waals surface area contributed by atoms with Crippen molar-refractivity contribution in [3.05, 3.63) is 11.6 Å². The van der Waals surface area contributed by atoms with Crippen molar-refractivity contribution in [3.8, 4) is 0 Å². The largest absolute Gasteiger partial charge is 0.478 e. The fourth-order valence-electron chi connectivity index (χ4n) is 3.01. The Bertz CT molecular complexity index is 307. The van der Waals surface area contributed by atoms with Crippen LogP contribution < -0.4 is 0 Å². The summed E-state index contributed by atoms with van der Waals surface area (Å²) in [6.07, 6.45) is 6.06. The molecule has 1 saturated carbocycles. The Kier molecular flexibility index (Phi) is 3.13. The Labute approximate surface area is 103 Å². The molecule has 2 bridgehead atoms. The van der Waals surface area contributed by atoms with E-state index >= 15 is 0 Å². The number of hydrogen-bond acceptors (Lipinski definition) is 2. The van der Waals surface area contributed by atoms with Crippen molar-refractivity contribution in [1.82, 2.24) is 0 Å². The Morgan fingerprint density at radius 3 is 2.93 bits per heavy atom. The molecular weight excluding hydrogens is 224 g/mol. The summed E-state index contributed by atoms with van der Waals surface area (Å²) in [5.74, 6) is 1.70. The standard InChI is InChI=1S/C12H18OS2/c1-12(2)9-4-3-8(10(12)7-9)5-6-13-11(14)15/h3,9-10H,4-7H2,1-2H3,(H,14,15). The summed E-state index contributed by atoms with van der Waals surface area (Å²) in [7, 11) is 0. The summed E-state index contributed by atoms with van der Waals surface area (Å²) < 4.78 is 5.59. The predicted molar refractivity (Wildman–Crippen MR) is 70.2 cm³/mol. The number of allylic oxidation sites excluding steroid dienone is 1. The minimum Gasteiger partial charge on any atom is -0.478 e. The maximum atomic E-state index is 5.23. The lowest BCUT2D eigenvalue weighted by atomic mass is 9.48. The topological polar surface area (TPSA) is 9.23 Å². The highest BCUT2D eigenvalue weighted by molar-refractivity contribution is 8.10. The molecule has 2 unspecified atom stereocenters. The molecule has 0 aromatic carbocycles. The van der Waals surface area contributed by atoms with Gasteiger partial charge in [-0.3, -0.25) is 0 Å². The monoisotopic (exact) mass is 242 g/mol. The maximum Gasteiger partial charge on any atom is 0.216 e. The van der Waals surface area contributed by atoms with Gasteiger partial charge in [-0.1, -0.05) is 38.1 Å². The summed E-state index contributed by atoms with van der Waals surface area (Å²) in [5, 5.41) is 0. The molecule has 3 rings (SSSR count). The molecule has 0 aromatic heterocycles. The van der Waals surface area contributed by atoms with Crippen molar-refractivity contribution >= 4 is 29.2 Å². The zero-order chi connectivity index (χ0) is 11.1. The molecule has 0 radical (unpaired) electrons. The summed E-state index contributed by atoms with van der Waals surface area (Å²) in [4.78, 5) is 0. The van der Waals surface area contributed by atoms with Gasteiger partial charge in [0.1, 0.15) is 0 Å². The molecule has 84 valence electrons. The van der Waals surface area contributed by atoms with Gasteiger partial charge in [0.25, 0.3) is 0 Å². The van der Waals surface area contributed by atoms with Gasteiger partial charge in [-0.05, 0) is 42.3 Å². The van der Waals surface area contributed by atoms with Gasteiger partial charge in [-0.15, -0.1) is 0 Å². The Morgan fingerprint density at radius 2 is 2.40 bits per heavy atom. The molecule has 0 spiro atoms. The molecule has 15 heavy (non-hydrogen) atoms. The summed E-state index contributed by atoms with van der Waals surface area (Å²) in [5.41, 5.74) is 2.10. The van der Waals surface area contributed by atoms with Crippen LogP contribution in [0, 0.1) is 17.3 Å². The number of rotatable bonds is 3. The van der Waals surface area contributed by atoms with Crippen LogP contribution in [0.3, 0.4) is 0 Å². The Hall–Kier alpha value is -0.0200. The molecule has 1 nitrogen and oxygen atoms in total. The van der Waals surface area contributed by atoms with Crippen molar-refractivity contribution in [2.45, 2.75) is 33.1 Å². The fraction of sp³-hybridized carbons (Fsp3) is 0.750. The van der Waals surface area contributed by atoms with E-state index in [1.807, 2.05) is 0 Å². The number of hydrogen-bond donors (Lipinski definition) is 1. The number of thiocarbonyl (C=S) groups is 1. The third-order valence-electron chi connectivity index (χ3n) is 4.20. The molecule has 3 aliphatic carbocycles. The minimum absolute atomic E-state index is 0.358. The second kappa shape index (κ2) is 4.10. The highest BCUT2D eigenvalue weighted by Gasteiger charge is 2.50. The van der Waals surface area contributed by atoms with Gasteiger partial charge in [0.2, 0.25) is 4.38 Å². The van der Waals surface area contributed by atoms with Crippen LogP contribution in [0.25, 0.3) is 0 Å². The first kappa shape index (κ1) is 11.5. The zero-order valence-corrected chi connectivity index (χ0v) is 11.0. The molecular formula is C12H18OS2. The van der Waals surface area contributed by atoms with Crippen LogP contribution in [0.1, 0.15) is 33.1 Å². The lowest BCUT2D eigenvalue weighted by Gasteiger charge is -2.56. The van der Waals surface area contributed by atoms with Crippen LogP contribution in [0.15, 0.2) is 11.6 Å². The van der Waals surface area contributed by atoms with Gasteiger partial charge in [0.05, 0.1) is 6.61 Å². The van der Waals surface area contributed by atoms with E-state index in [1.165, 1.54) is 12.8 Å². The van der Waals surface area contributed by atoms with Gasteiger partial charge in [-0.25, -0.2) is 0 Å². The Balaban J connectivity index is 1.88. The molecule has 0 amide bonds. The molecule has 3 heteroatoms. The summed E-state index contributed by atoms with van der Waals surface area (Å²) >= 11 is 8.72. The third kappa shape index (κ3) is 2.09. The van der Waals surface area contributed by atoms with Gasteiger partial charge in [0, 0.05) is 6.42 Å². The molecule has 2 atom stereocenters. The SMILES string of the molecule is CC1(C)C2CC=C(CCOC(=S)S)C1C2. The van der Waals surface area contributed by atoms with Crippen LogP contribution >= 0.6 is 24.8 Å². The molecule has 1 fully saturated rings. The smallest absolute Gasteiger partial charge is 0.216 e. The summed E-state index contributed by atoms with van der Waals surface area (Å²) in [6.45, 7) is 5.47. The van der Waals surface area contributed by atoms with Crippen molar-refractivity contribution in [2.24, 2.45) is 17.3 Å². The van der Waals surface area contributed by atoms with E-state index in [0.717, 1.165) is 18.3 Å². The molecule has 3 aliphatic rings. The second-order valence-corrected chi connectivity index (χ2v) is 6.27. The average molecular weight is 242 g/mol. The molecule has 0 aromatic rings. The van der Waals surface area contributed by atoms with Gasteiger partial charge >= 0.3 is 0 Å². The second-order valence-electron chi connectivity index (χ2n) is 5.19. The molecule has 0 saturated heterocycles. The van der Waals surface area contributed by atoms with E-state index in [1.54, 1.807) is 5.57 Å². The first-order chi connectivity index (χ1) is 7.01. The fourth-order valence-corrected chi connectivity index (χ4v) is 3.19. The average Bonchev–Trinajstić information content (AvgIpc) is 2.17. The van der Waals surface area contributed by atoms with Crippen molar-refractivity contribution in [1.29, 1.82) is 0 Å². The van der Waals surface area contributed by atoms with Crippen LogP contribution in [0.5, 0.6) is 0 Å². The van der Waals surface area contributed by atoms with E-state index in [2.05, 4.69) is 32.6 Å². The molecule has 0 N–H and O–H groups in total. The maximum absolute atomic E-state index is 5.23. The molecule has 0 heterocycles.